The van der Waals surface area contributed by atoms with Gasteiger partial charge in [0.25, 0.3) is 0 Å². The van der Waals surface area contributed by atoms with E-state index < -0.39 is 47.9 Å². The van der Waals surface area contributed by atoms with E-state index in [1.807, 2.05) is 32.0 Å². The van der Waals surface area contributed by atoms with Crippen LogP contribution in [0.4, 0.5) is 5.69 Å². The Balaban J connectivity index is 1.58. The monoisotopic (exact) mass is 554 g/mol. The Kier molecular flexibility index (Phi) is 8.75. The summed E-state index contributed by atoms with van der Waals surface area (Å²) >= 11 is 0. The van der Waals surface area contributed by atoms with Gasteiger partial charge in [0, 0.05) is 25.8 Å². The number of H-pyrrole nitrogens is 1. The quantitative estimate of drug-likeness (QED) is 0.246. The summed E-state index contributed by atoms with van der Waals surface area (Å²) in [5.74, 6) is -2.80. The molecule has 0 bridgehead atoms. The average Bonchev–Trinajstić information content (AvgIpc) is 3.53. The van der Waals surface area contributed by atoms with E-state index in [1.165, 1.54) is 11.8 Å². The number of carbonyl (C=O) groups excluding carboxylic acids is 4. The maximum atomic E-state index is 13.9. The van der Waals surface area contributed by atoms with Crippen LogP contribution in [-0.2, 0) is 43.2 Å². The normalized spacial score (nSPS) is 20.1. The van der Waals surface area contributed by atoms with Gasteiger partial charge in [-0.05, 0) is 29.9 Å². The summed E-state index contributed by atoms with van der Waals surface area (Å²) in [5, 5.41) is 31.1. The molecule has 1 unspecified atom stereocenters. The lowest BCUT2D eigenvalue weighted by molar-refractivity contribution is -0.138. The first-order chi connectivity index (χ1) is 19.1. The molecule has 0 aliphatic carbocycles. The van der Waals surface area contributed by atoms with Crippen LogP contribution in [0.25, 0.3) is 0 Å². The fourth-order valence-corrected chi connectivity index (χ4v) is 5.33. The molecular weight excluding hydrogens is 520 g/mol. The number of tetrazole rings is 1. The number of hydrogen-bond donors (Lipinski definition) is 5. The van der Waals surface area contributed by atoms with E-state index in [0.29, 0.717) is 24.9 Å². The lowest BCUT2D eigenvalue weighted by Gasteiger charge is -2.30. The number of rotatable bonds is 11. The molecule has 0 radical (unpaired) electrons. The average molecular weight is 555 g/mol. The van der Waals surface area contributed by atoms with E-state index in [9.17, 15) is 29.1 Å². The van der Waals surface area contributed by atoms with Crippen molar-refractivity contribution >= 4 is 35.3 Å². The van der Waals surface area contributed by atoms with Gasteiger partial charge in [-0.1, -0.05) is 43.7 Å². The van der Waals surface area contributed by atoms with E-state index >= 15 is 0 Å². The van der Waals surface area contributed by atoms with Crippen LogP contribution in [0.2, 0.25) is 0 Å². The number of amides is 4. The highest BCUT2D eigenvalue weighted by Gasteiger charge is 2.45. The number of benzene rings is 1. The minimum Gasteiger partial charge on any atom is -0.481 e. The summed E-state index contributed by atoms with van der Waals surface area (Å²) in [7, 11) is 0. The molecule has 3 heterocycles. The molecule has 2 aromatic rings. The summed E-state index contributed by atoms with van der Waals surface area (Å²) in [6.07, 6.45) is 1.35. The topological polar surface area (TPSA) is 199 Å². The van der Waals surface area contributed by atoms with E-state index in [2.05, 4.69) is 36.6 Å². The Labute approximate surface area is 230 Å². The molecule has 5 atom stereocenters. The highest BCUT2D eigenvalue weighted by molar-refractivity contribution is 6.08. The number of aromatic amines is 1. The van der Waals surface area contributed by atoms with Gasteiger partial charge in [-0.2, -0.15) is 5.21 Å². The largest absolute Gasteiger partial charge is 0.481 e. The number of carboxylic acids is 1. The number of anilines is 1. The van der Waals surface area contributed by atoms with Crippen molar-refractivity contribution in [3.8, 4) is 0 Å². The highest BCUT2D eigenvalue weighted by atomic mass is 16.4. The number of carbonyl (C=O) groups is 5. The van der Waals surface area contributed by atoms with Crippen molar-refractivity contribution in [1.82, 2.24) is 36.6 Å². The third-order valence-electron chi connectivity index (χ3n) is 7.47. The fraction of sp³-hybridized carbons (Fsp3) is 0.538. The van der Waals surface area contributed by atoms with E-state index in [-0.39, 0.29) is 36.9 Å². The molecule has 214 valence electrons. The second-order valence-electron chi connectivity index (χ2n) is 10.4. The zero-order valence-electron chi connectivity index (χ0n) is 22.6. The van der Waals surface area contributed by atoms with Gasteiger partial charge in [0.15, 0.2) is 5.82 Å². The third kappa shape index (κ3) is 6.26. The first-order valence-electron chi connectivity index (χ1n) is 13.3. The van der Waals surface area contributed by atoms with Crippen molar-refractivity contribution in [3.05, 3.63) is 35.2 Å². The van der Waals surface area contributed by atoms with Crippen LogP contribution < -0.4 is 20.9 Å². The molecule has 1 aromatic heterocycles. The summed E-state index contributed by atoms with van der Waals surface area (Å²) < 4.78 is 0. The van der Waals surface area contributed by atoms with Gasteiger partial charge < -0.3 is 21.1 Å². The number of aliphatic carboxylic acids is 1. The summed E-state index contributed by atoms with van der Waals surface area (Å²) in [4.78, 5) is 65.5. The van der Waals surface area contributed by atoms with Gasteiger partial charge in [0.05, 0.1) is 12.1 Å². The molecule has 1 aromatic carbocycles. The highest BCUT2D eigenvalue weighted by Crippen LogP contribution is 2.39. The molecule has 40 heavy (non-hydrogen) atoms. The minimum atomic E-state index is -1.12. The van der Waals surface area contributed by atoms with Crippen LogP contribution in [0.5, 0.6) is 0 Å². The molecule has 4 amide bonds. The molecule has 4 rings (SSSR count). The second-order valence-corrected chi connectivity index (χ2v) is 10.4. The lowest BCUT2D eigenvalue weighted by atomic mass is 9.97. The van der Waals surface area contributed by atoms with Gasteiger partial charge in [-0.25, -0.2) is 0 Å². The van der Waals surface area contributed by atoms with Gasteiger partial charge in [-0.3, -0.25) is 28.9 Å². The molecule has 14 heteroatoms. The predicted molar refractivity (Wildman–Crippen MR) is 141 cm³/mol. The van der Waals surface area contributed by atoms with Gasteiger partial charge >= 0.3 is 5.97 Å². The Morgan fingerprint density at radius 1 is 1.20 bits per heavy atom. The lowest BCUT2D eigenvalue weighted by Crippen LogP contribution is -2.58. The molecule has 0 spiro atoms. The predicted octanol–water partition coefficient (Wildman–Crippen LogP) is -0.359. The van der Waals surface area contributed by atoms with Crippen molar-refractivity contribution in [3.63, 3.8) is 0 Å². The van der Waals surface area contributed by atoms with E-state index in [1.54, 1.807) is 0 Å². The standard InChI is InChI=1S/C26H34N8O6/c1-4-13(2)22(27-14(3)35)25(39)29-18-9-8-15-6-5-7-16-10-19(34(23(15)16)26(18)40)24(38)28-17(12-21(36)37)11-20-30-32-33-31-20/h5-7,13,17-19,22H,4,8-12H2,1-3H3,(H,27,35)(H,28,38)(H,29,39)(H,36,37)(H,30,31,32,33)/t13-,17+,18?,19-,22-/m0/s1. The van der Waals surface area contributed by atoms with Crippen molar-refractivity contribution in [1.29, 1.82) is 0 Å². The van der Waals surface area contributed by atoms with Crippen LogP contribution in [0.3, 0.4) is 0 Å². The van der Waals surface area contributed by atoms with Crippen molar-refractivity contribution in [2.45, 2.75) is 83.5 Å². The first-order valence-corrected chi connectivity index (χ1v) is 13.3. The van der Waals surface area contributed by atoms with Crippen LogP contribution in [0.15, 0.2) is 18.2 Å². The van der Waals surface area contributed by atoms with Gasteiger partial charge in [0.2, 0.25) is 23.6 Å². The maximum absolute atomic E-state index is 13.9. The Bertz CT molecular complexity index is 1280. The van der Waals surface area contributed by atoms with E-state index in [0.717, 1.165) is 11.1 Å². The van der Waals surface area contributed by atoms with Crippen LogP contribution in [0.1, 0.15) is 57.0 Å². The zero-order valence-corrected chi connectivity index (χ0v) is 22.6. The summed E-state index contributed by atoms with van der Waals surface area (Å²) in [6.45, 7) is 5.09. The smallest absolute Gasteiger partial charge is 0.305 e. The molecule has 2 aliphatic heterocycles. The van der Waals surface area contributed by atoms with Crippen LogP contribution in [0, 0.1) is 5.92 Å². The Morgan fingerprint density at radius 3 is 2.60 bits per heavy atom. The summed E-state index contributed by atoms with van der Waals surface area (Å²) in [6, 6.07) is 2.11. The molecule has 2 aliphatic rings. The maximum Gasteiger partial charge on any atom is 0.305 e. The Hall–Kier alpha value is -4.36. The van der Waals surface area contributed by atoms with Crippen molar-refractivity contribution in [2.75, 3.05) is 4.90 Å². The third-order valence-corrected chi connectivity index (χ3v) is 7.47. The fourth-order valence-electron chi connectivity index (χ4n) is 5.33. The number of para-hydroxylation sites is 1. The summed E-state index contributed by atoms with van der Waals surface area (Å²) in [5.41, 5.74) is 2.35. The molecule has 14 nitrogen and oxygen atoms in total. The number of aryl methyl sites for hydroxylation is 1. The van der Waals surface area contributed by atoms with Gasteiger partial charge in [-0.15, -0.1) is 10.2 Å². The molecule has 0 saturated heterocycles. The molecule has 0 fully saturated rings. The van der Waals surface area contributed by atoms with Gasteiger partial charge in [0.1, 0.15) is 18.1 Å². The number of carboxylic acid groups (broad SMARTS) is 1. The Morgan fingerprint density at radius 2 is 1.95 bits per heavy atom. The number of aromatic nitrogens is 4. The number of hydrogen-bond acceptors (Lipinski definition) is 8. The number of nitrogens with zero attached hydrogens (tertiary/aromatic N) is 4. The molecule has 0 saturated carbocycles. The number of nitrogens with one attached hydrogen (secondary N) is 4. The SMILES string of the molecule is CC[C@H](C)[C@H](NC(C)=O)C(=O)NC1CCc2cccc3c2N(C1=O)[C@H](C(=O)N[C@@H](CC(=O)O)Cc1nn[nH]n1)C3. The van der Waals surface area contributed by atoms with Crippen LogP contribution >= 0.6 is 0 Å². The zero-order chi connectivity index (χ0) is 29.0. The first kappa shape index (κ1) is 28.6. The van der Waals surface area contributed by atoms with Crippen LogP contribution in [-0.4, -0.2) is 79.5 Å². The van der Waals surface area contributed by atoms with E-state index in [4.69, 9.17) is 0 Å². The molecule has 5 N–H and O–H groups in total. The van der Waals surface area contributed by atoms with Crippen molar-refractivity contribution < 1.29 is 29.1 Å². The van der Waals surface area contributed by atoms with Crippen molar-refractivity contribution in [2.24, 2.45) is 5.92 Å². The minimum absolute atomic E-state index is 0.0340. The second kappa shape index (κ2) is 12.2. The molecular formula is C26H34N8O6.